The Morgan fingerprint density at radius 3 is 2.48 bits per heavy atom. The Hall–Kier alpha value is -2.65. The van der Waals surface area contributed by atoms with E-state index >= 15 is 0 Å². The molecule has 0 aliphatic heterocycles. The van der Waals surface area contributed by atoms with Gasteiger partial charge < -0.3 is 9.84 Å². The number of pyridine rings is 1. The van der Waals surface area contributed by atoms with Crippen LogP contribution in [0.5, 0.6) is 5.75 Å². The predicted molar refractivity (Wildman–Crippen MR) is 90.1 cm³/mol. The second-order valence-electron chi connectivity index (χ2n) is 5.59. The zero-order valence-corrected chi connectivity index (χ0v) is 13.0. The van der Waals surface area contributed by atoms with Crippen molar-refractivity contribution in [3.8, 4) is 5.75 Å². The number of aliphatic hydroxyl groups is 1. The standard InChI is InChI=1S/C20H19NO2/c1-20(22,19-12-5-6-13-21-19)17-10-7-11-18(14-17)23-15-16-8-3-2-4-9-16/h2-14,22H,15H2,1H3/t20-/m1/s1. The Kier molecular flexibility index (Phi) is 4.40. The Morgan fingerprint density at radius 2 is 1.74 bits per heavy atom. The lowest BCUT2D eigenvalue weighted by Crippen LogP contribution is -2.24. The van der Waals surface area contributed by atoms with Gasteiger partial charge in [-0.25, -0.2) is 0 Å². The van der Waals surface area contributed by atoms with E-state index in [2.05, 4.69) is 4.98 Å². The van der Waals surface area contributed by atoms with Crippen molar-refractivity contribution in [3.63, 3.8) is 0 Å². The molecule has 0 saturated carbocycles. The largest absolute Gasteiger partial charge is 0.489 e. The summed E-state index contributed by atoms with van der Waals surface area (Å²) in [6, 6.07) is 23.0. The van der Waals surface area contributed by atoms with Gasteiger partial charge in [-0.05, 0) is 42.3 Å². The van der Waals surface area contributed by atoms with Crippen LogP contribution in [-0.2, 0) is 12.2 Å². The molecule has 2 aromatic carbocycles. The minimum atomic E-state index is -1.16. The number of rotatable bonds is 5. The van der Waals surface area contributed by atoms with Gasteiger partial charge in [-0.15, -0.1) is 0 Å². The summed E-state index contributed by atoms with van der Waals surface area (Å²) in [5, 5.41) is 10.8. The number of hydrogen-bond donors (Lipinski definition) is 1. The predicted octanol–water partition coefficient (Wildman–Crippen LogP) is 3.92. The highest BCUT2D eigenvalue weighted by Crippen LogP contribution is 2.29. The molecule has 1 heterocycles. The number of ether oxygens (including phenoxy) is 1. The van der Waals surface area contributed by atoms with Gasteiger partial charge in [-0.3, -0.25) is 4.98 Å². The van der Waals surface area contributed by atoms with Crippen molar-refractivity contribution >= 4 is 0 Å². The fourth-order valence-corrected chi connectivity index (χ4v) is 2.43. The molecule has 0 radical (unpaired) electrons. The molecule has 3 heteroatoms. The van der Waals surface area contributed by atoms with Crippen molar-refractivity contribution in [2.24, 2.45) is 0 Å². The normalized spacial score (nSPS) is 13.3. The van der Waals surface area contributed by atoms with E-state index < -0.39 is 5.60 Å². The molecule has 0 saturated heterocycles. The van der Waals surface area contributed by atoms with Gasteiger partial charge in [-0.1, -0.05) is 48.5 Å². The Morgan fingerprint density at radius 1 is 0.957 bits per heavy atom. The molecule has 0 amide bonds. The second-order valence-corrected chi connectivity index (χ2v) is 5.59. The second kappa shape index (κ2) is 6.63. The van der Waals surface area contributed by atoms with Gasteiger partial charge in [0.15, 0.2) is 0 Å². The summed E-state index contributed by atoms with van der Waals surface area (Å²) in [7, 11) is 0. The van der Waals surface area contributed by atoms with E-state index in [0.29, 0.717) is 12.3 Å². The van der Waals surface area contributed by atoms with Crippen LogP contribution in [0.1, 0.15) is 23.7 Å². The molecule has 1 aromatic heterocycles. The molecule has 0 fully saturated rings. The molecule has 3 rings (SSSR count). The van der Waals surface area contributed by atoms with Crippen molar-refractivity contribution in [2.75, 3.05) is 0 Å². The lowest BCUT2D eigenvalue weighted by molar-refractivity contribution is 0.0970. The Balaban J connectivity index is 1.80. The third kappa shape index (κ3) is 3.58. The quantitative estimate of drug-likeness (QED) is 0.777. The molecule has 116 valence electrons. The van der Waals surface area contributed by atoms with Crippen LogP contribution in [-0.4, -0.2) is 10.1 Å². The number of aromatic nitrogens is 1. The molecule has 3 aromatic rings. The van der Waals surface area contributed by atoms with Crippen LogP contribution in [0.2, 0.25) is 0 Å². The first-order valence-electron chi connectivity index (χ1n) is 7.57. The first-order chi connectivity index (χ1) is 11.2. The zero-order chi connectivity index (χ0) is 16.1. The summed E-state index contributed by atoms with van der Waals surface area (Å²) in [5.74, 6) is 0.725. The lowest BCUT2D eigenvalue weighted by atomic mass is 9.92. The smallest absolute Gasteiger partial charge is 0.129 e. The maximum atomic E-state index is 10.8. The Labute approximate surface area is 136 Å². The van der Waals surface area contributed by atoms with Gasteiger partial charge in [0.2, 0.25) is 0 Å². The molecular weight excluding hydrogens is 286 g/mol. The van der Waals surface area contributed by atoms with Crippen molar-refractivity contribution in [2.45, 2.75) is 19.1 Å². The minimum Gasteiger partial charge on any atom is -0.489 e. The van der Waals surface area contributed by atoms with Crippen molar-refractivity contribution < 1.29 is 9.84 Å². The van der Waals surface area contributed by atoms with Gasteiger partial charge in [-0.2, -0.15) is 0 Å². The topological polar surface area (TPSA) is 42.4 Å². The molecule has 0 aliphatic carbocycles. The fourth-order valence-electron chi connectivity index (χ4n) is 2.43. The monoisotopic (exact) mass is 305 g/mol. The van der Waals surface area contributed by atoms with Gasteiger partial charge >= 0.3 is 0 Å². The third-order valence-corrected chi connectivity index (χ3v) is 3.81. The van der Waals surface area contributed by atoms with Crippen LogP contribution in [0.25, 0.3) is 0 Å². The molecule has 3 nitrogen and oxygen atoms in total. The highest BCUT2D eigenvalue weighted by Gasteiger charge is 2.27. The maximum Gasteiger partial charge on any atom is 0.129 e. The van der Waals surface area contributed by atoms with E-state index in [1.54, 1.807) is 13.1 Å². The molecule has 0 bridgehead atoms. The summed E-state index contributed by atoms with van der Waals surface area (Å²) in [6.45, 7) is 2.24. The Bertz CT molecular complexity index is 755. The molecule has 1 N–H and O–H groups in total. The van der Waals surface area contributed by atoms with Gasteiger partial charge in [0, 0.05) is 6.20 Å². The molecule has 23 heavy (non-hydrogen) atoms. The molecule has 1 atom stereocenters. The van der Waals surface area contributed by atoms with Crippen molar-refractivity contribution in [3.05, 3.63) is 95.8 Å². The van der Waals surface area contributed by atoms with Crippen LogP contribution in [0, 0.1) is 0 Å². The van der Waals surface area contributed by atoms with Gasteiger partial charge in [0.25, 0.3) is 0 Å². The maximum absolute atomic E-state index is 10.8. The van der Waals surface area contributed by atoms with E-state index in [1.165, 1.54) is 0 Å². The highest BCUT2D eigenvalue weighted by molar-refractivity contribution is 5.37. The van der Waals surface area contributed by atoms with Crippen LogP contribution in [0.15, 0.2) is 79.0 Å². The number of benzene rings is 2. The molecular formula is C20H19NO2. The van der Waals surface area contributed by atoms with Crippen molar-refractivity contribution in [1.29, 1.82) is 0 Å². The van der Waals surface area contributed by atoms with Crippen molar-refractivity contribution in [1.82, 2.24) is 4.98 Å². The SMILES string of the molecule is C[C@@](O)(c1cccc(OCc2ccccc2)c1)c1ccccn1. The minimum absolute atomic E-state index is 0.496. The first-order valence-corrected chi connectivity index (χ1v) is 7.57. The van der Waals surface area contributed by atoms with Crippen LogP contribution in [0.3, 0.4) is 0 Å². The average molecular weight is 305 g/mol. The lowest BCUT2D eigenvalue weighted by Gasteiger charge is -2.23. The first kappa shape index (κ1) is 15.3. The van der Waals surface area contributed by atoms with E-state index in [-0.39, 0.29) is 0 Å². The van der Waals surface area contributed by atoms with Gasteiger partial charge in [0.1, 0.15) is 18.0 Å². The van der Waals surface area contributed by atoms with Gasteiger partial charge in [0.05, 0.1) is 5.69 Å². The summed E-state index contributed by atoms with van der Waals surface area (Å²) in [6.07, 6.45) is 1.68. The van der Waals surface area contributed by atoms with E-state index in [0.717, 1.165) is 16.9 Å². The summed E-state index contributed by atoms with van der Waals surface area (Å²) >= 11 is 0. The van der Waals surface area contributed by atoms with Crippen LogP contribution in [0.4, 0.5) is 0 Å². The highest BCUT2D eigenvalue weighted by atomic mass is 16.5. The third-order valence-electron chi connectivity index (χ3n) is 3.81. The summed E-state index contributed by atoms with van der Waals surface area (Å²) < 4.78 is 5.83. The number of hydrogen-bond acceptors (Lipinski definition) is 3. The number of nitrogens with zero attached hydrogens (tertiary/aromatic N) is 1. The molecule has 0 unspecified atom stereocenters. The zero-order valence-electron chi connectivity index (χ0n) is 13.0. The van der Waals surface area contributed by atoms with E-state index in [1.807, 2.05) is 72.8 Å². The van der Waals surface area contributed by atoms with E-state index in [4.69, 9.17) is 4.74 Å². The summed E-state index contributed by atoms with van der Waals surface area (Å²) in [5.41, 5.74) is 1.31. The molecule has 0 spiro atoms. The van der Waals surface area contributed by atoms with Crippen LogP contribution >= 0.6 is 0 Å². The molecule has 0 aliphatic rings. The van der Waals surface area contributed by atoms with Crippen LogP contribution < -0.4 is 4.74 Å². The summed E-state index contributed by atoms with van der Waals surface area (Å²) in [4.78, 5) is 4.26. The average Bonchev–Trinajstić information content (AvgIpc) is 2.62. The fraction of sp³-hybridized carbons (Fsp3) is 0.150. The van der Waals surface area contributed by atoms with E-state index in [9.17, 15) is 5.11 Å².